The second-order valence-corrected chi connectivity index (χ2v) is 4.29. The number of aliphatic hydroxyl groups is 1. The van der Waals surface area contributed by atoms with Gasteiger partial charge in [-0.3, -0.25) is 10.1 Å². The van der Waals surface area contributed by atoms with Gasteiger partial charge in [-0.2, -0.15) is 0 Å². The van der Waals surface area contributed by atoms with E-state index in [4.69, 9.17) is 4.74 Å². The van der Waals surface area contributed by atoms with Crippen LogP contribution in [0.1, 0.15) is 31.9 Å². The topological polar surface area (TPSA) is 87.7 Å². The number of hydrogen-bond donors (Lipinski definition) is 3. The van der Waals surface area contributed by atoms with Crippen LogP contribution in [0, 0.1) is 0 Å². The summed E-state index contributed by atoms with van der Waals surface area (Å²) in [5.74, 6) is -0.119. The first-order chi connectivity index (χ1) is 9.49. The van der Waals surface area contributed by atoms with Crippen molar-refractivity contribution >= 4 is 11.9 Å². The summed E-state index contributed by atoms with van der Waals surface area (Å²) in [6.45, 7) is 3.39. The Morgan fingerprint density at radius 2 is 2.00 bits per heavy atom. The first-order valence-electron chi connectivity index (χ1n) is 6.45. The fourth-order valence-electron chi connectivity index (χ4n) is 1.60. The summed E-state index contributed by atoms with van der Waals surface area (Å²) in [5.41, 5.74) is 0.620. The number of aliphatic hydroxyl groups excluding tert-OH is 1. The number of nitrogens with one attached hydrogen (secondary N) is 2. The molecule has 0 aliphatic heterocycles. The van der Waals surface area contributed by atoms with Gasteiger partial charge in [-0.1, -0.05) is 25.1 Å². The van der Waals surface area contributed by atoms with Gasteiger partial charge in [0.1, 0.15) is 5.75 Å². The summed E-state index contributed by atoms with van der Waals surface area (Å²) >= 11 is 0. The average Bonchev–Trinajstić information content (AvgIpc) is 2.46. The van der Waals surface area contributed by atoms with Crippen LogP contribution >= 0.6 is 0 Å². The highest BCUT2D eigenvalue weighted by Crippen LogP contribution is 2.27. The standard InChI is InChI=1S/C14H20N2O4/c1-4-11(17)10-7-5-6-8-12(10)20-9(2)13(18)16-14(19)15-3/h5-9,11,17H,4H2,1-3H3,(H2,15,16,18,19)/t9?,11-/m1/s1. The van der Waals surface area contributed by atoms with Crippen molar-refractivity contribution in [3.8, 4) is 5.75 Å². The van der Waals surface area contributed by atoms with Crippen LogP contribution in [0.2, 0.25) is 0 Å². The number of urea groups is 1. The van der Waals surface area contributed by atoms with Crippen molar-refractivity contribution in [3.63, 3.8) is 0 Å². The monoisotopic (exact) mass is 280 g/mol. The molecule has 20 heavy (non-hydrogen) atoms. The fourth-order valence-corrected chi connectivity index (χ4v) is 1.60. The molecule has 0 spiro atoms. The first-order valence-corrected chi connectivity index (χ1v) is 6.45. The summed E-state index contributed by atoms with van der Waals surface area (Å²) in [6, 6.07) is 6.37. The Morgan fingerprint density at radius 1 is 1.35 bits per heavy atom. The largest absolute Gasteiger partial charge is 0.481 e. The van der Waals surface area contributed by atoms with E-state index in [2.05, 4.69) is 10.6 Å². The number of ether oxygens (including phenoxy) is 1. The van der Waals surface area contributed by atoms with Gasteiger partial charge in [0, 0.05) is 12.6 Å². The van der Waals surface area contributed by atoms with E-state index in [1.54, 1.807) is 24.3 Å². The van der Waals surface area contributed by atoms with Crippen molar-refractivity contribution in [1.29, 1.82) is 0 Å². The second-order valence-electron chi connectivity index (χ2n) is 4.29. The predicted molar refractivity (Wildman–Crippen MR) is 74.4 cm³/mol. The lowest BCUT2D eigenvalue weighted by atomic mass is 10.1. The van der Waals surface area contributed by atoms with Crippen molar-refractivity contribution in [2.45, 2.75) is 32.5 Å². The summed E-state index contributed by atoms with van der Waals surface area (Å²) in [5, 5.41) is 14.3. The van der Waals surface area contributed by atoms with Gasteiger partial charge in [-0.25, -0.2) is 4.79 Å². The fraction of sp³-hybridized carbons (Fsp3) is 0.429. The number of imide groups is 1. The quantitative estimate of drug-likeness (QED) is 0.759. The molecule has 1 aromatic carbocycles. The van der Waals surface area contributed by atoms with Gasteiger partial charge in [-0.05, 0) is 19.4 Å². The van der Waals surface area contributed by atoms with E-state index in [9.17, 15) is 14.7 Å². The van der Waals surface area contributed by atoms with Gasteiger partial charge < -0.3 is 15.2 Å². The molecular weight excluding hydrogens is 260 g/mol. The molecule has 0 aliphatic carbocycles. The Bertz CT molecular complexity index is 476. The number of para-hydroxylation sites is 1. The predicted octanol–water partition coefficient (Wildman–Crippen LogP) is 1.35. The molecule has 0 aliphatic rings. The van der Waals surface area contributed by atoms with Gasteiger partial charge in [0.05, 0.1) is 6.10 Å². The minimum atomic E-state index is -0.850. The van der Waals surface area contributed by atoms with E-state index >= 15 is 0 Å². The highest BCUT2D eigenvalue weighted by atomic mass is 16.5. The lowest BCUT2D eigenvalue weighted by Gasteiger charge is -2.18. The van der Waals surface area contributed by atoms with Crippen molar-refractivity contribution in [2.24, 2.45) is 0 Å². The Hall–Kier alpha value is -2.08. The maximum atomic E-state index is 11.7. The van der Waals surface area contributed by atoms with Crippen LogP contribution in [0.15, 0.2) is 24.3 Å². The lowest BCUT2D eigenvalue weighted by Crippen LogP contribution is -2.44. The molecule has 6 heteroatoms. The number of amides is 3. The summed E-state index contributed by atoms with van der Waals surface area (Å²) in [4.78, 5) is 22.8. The highest BCUT2D eigenvalue weighted by Gasteiger charge is 2.19. The molecule has 0 saturated heterocycles. The van der Waals surface area contributed by atoms with Crippen LogP contribution < -0.4 is 15.4 Å². The molecule has 3 amide bonds. The van der Waals surface area contributed by atoms with Crippen LogP contribution in [0.5, 0.6) is 5.75 Å². The molecule has 110 valence electrons. The third-order valence-corrected chi connectivity index (χ3v) is 2.80. The molecule has 1 rings (SSSR count). The zero-order chi connectivity index (χ0) is 15.1. The van der Waals surface area contributed by atoms with Crippen LogP contribution in [0.3, 0.4) is 0 Å². The van der Waals surface area contributed by atoms with Crippen LogP contribution in [0.4, 0.5) is 4.79 Å². The van der Waals surface area contributed by atoms with E-state index < -0.39 is 24.1 Å². The van der Waals surface area contributed by atoms with Crippen molar-refractivity contribution in [1.82, 2.24) is 10.6 Å². The number of carbonyl (C=O) groups is 2. The molecule has 2 atom stereocenters. The Balaban J connectivity index is 2.77. The second kappa shape index (κ2) is 7.49. The summed E-state index contributed by atoms with van der Waals surface area (Å²) in [6.07, 6.45) is -0.961. The van der Waals surface area contributed by atoms with Crippen molar-refractivity contribution in [3.05, 3.63) is 29.8 Å². The van der Waals surface area contributed by atoms with E-state index in [0.29, 0.717) is 17.7 Å². The number of carbonyl (C=O) groups excluding carboxylic acids is 2. The molecule has 1 unspecified atom stereocenters. The number of hydrogen-bond acceptors (Lipinski definition) is 4. The number of rotatable bonds is 5. The third-order valence-electron chi connectivity index (χ3n) is 2.80. The molecule has 0 saturated carbocycles. The Kier molecular flexibility index (Phi) is 5.99. The van der Waals surface area contributed by atoms with Crippen LogP contribution in [0.25, 0.3) is 0 Å². The molecular formula is C14H20N2O4. The lowest BCUT2D eigenvalue weighted by molar-refractivity contribution is -0.126. The Labute approximate surface area is 118 Å². The zero-order valence-corrected chi connectivity index (χ0v) is 11.8. The van der Waals surface area contributed by atoms with E-state index in [-0.39, 0.29) is 0 Å². The molecule has 0 heterocycles. The molecule has 3 N–H and O–H groups in total. The van der Waals surface area contributed by atoms with E-state index in [1.807, 2.05) is 6.92 Å². The van der Waals surface area contributed by atoms with Crippen LogP contribution in [-0.4, -0.2) is 30.2 Å². The molecule has 0 aromatic heterocycles. The average molecular weight is 280 g/mol. The number of benzene rings is 1. The third kappa shape index (κ3) is 4.24. The van der Waals surface area contributed by atoms with Crippen molar-refractivity contribution < 1.29 is 19.4 Å². The Morgan fingerprint density at radius 3 is 2.60 bits per heavy atom. The molecule has 0 radical (unpaired) electrons. The molecule has 0 fully saturated rings. The summed E-state index contributed by atoms with van der Waals surface area (Å²) in [7, 11) is 1.42. The van der Waals surface area contributed by atoms with Gasteiger partial charge in [0.15, 0.2) is 6.10 Å². The van der Waals surface area contributed by atoms with Crippen molar-refractivity contribution in [2.75, 3.05) is 7.05 Å². The zero-order valence-electron chi connectivity index (χ0n) is 11.8. The highest BCUT2D eigenvalue weighted by molar-refractivity contribution is 5.96. The molecule has 1 aromatic rings. The minimum absolute atomic E-state index is 0.432. The normalized spacial score (nSPS) is 13.2. The molecule has 0 bridgehead atoms. The van der Waals surface area contributed by atoms with E-state index in [0.717, 1.165) is 0 Å². The summed E-state index contributed by atoms with van der Waals surface area (Å²) < 4.78 is 5.52. The van der Waals surface area contributed by atoms with Gasteiger partial charge >= 0.3 is 6.03 Å². The maximum Gasteiger partial charge on any atom is 0.321 e. The minimum Gasteiger partial charge on any atom is -0.481 e. The first kappa shape index (κ1) is 16.0. The maximum absolute atomic E-state index is 11.7. The van der Waals surface area contributed by atoms with Gasteiger partial charge in [0.2, 0.25) is 0 Å². The van der Waals surface area contributed by atoms with Crippen LogP contribution in [-0.2, 0) is 4.79 Å². The molecule has 6 nitrogen and oxygen atoms in total. The van der Waals surface area contributed by atoms with Gasteiger partial charge in [0.25, 0.3) is 5.91 Å². The van der Waals surface area contributed by atoms with E-state index in [1.165, 1.54) is 14.0 Å². The van der Waals surface area contributed by atoms with Gasteiger partial charge in [-0.15, -0.1) is 0 Å². The smallest absolute Gasteiger partial charge is 0.321 e. The SMILES string of the molecule is CC[C@@H](O)c1ccccc1OC(C)C(=O)NC(=O)NC.